The van der Waals surface area contributed by atoms with Gasteiger partial charge in [-0.15, -0.1) is 0 Å². The quantitative estimate of drug-likeness (QED) is 0.0657. The summed E-state index contributed by atoms with van der Waals surface area (Å²) in [5, 5.41) is 127. The first-order valence-corrected chi connectivity index (χ1v) is 32.2. The van der Waals surface area contributed by atoms with Gasteiger partial charge in [0, 0.05) is 34.7 Å². The third kappa shape index (κ3) is 16.8. The highest BCUT2D eigenvalue weighted by Crippen LogP contribution is 2.50. The third-order valence-electron chi connectivity index (χ3n) is 17.4. The molecule has 9 unspecified atom stereocenters. The lowest BCUT2D eigenvalue weighted by Crippen LogP contribution is -2.64. The first-order valence-electron chi connectivity index (χ1n) is 31.5. The van der Waals surface area contributed by atoms with Crippen molar-refractivity contribution in [3.8, 4) is 57.1 Å². The van der Waals surface area contributed by atoms with Crippen LogP contribution in [0.15, 0.2) is 78.9 Å². The molecular formula is C66H77Cl2N9O24. The topological polar surface area (TPSA) is 544 Å². The van der Waals surface area contributed by atoms with Crippen LogP contribution in [-0.4, -0.2) is 191 Å². The molecule has 0 radical (unpaired) electrons. The molecule has 0 saturated carbocycles. The number of phenols is 3. The largest absolute Gasteiger partial charge is 0.508 e. The first kappa shape index (κ1) is 76.1. The summed E-state index contributed by atoms with van der Waals surface area (Å²) in [7, 11) is 1.47. The number of aliphatic hydroxyl groups excluding tert-OH is 6. The fourth-order valence-corrected chi connectivity index (χ4v) is 12.5. The van der Waals surface area contributed by atoms with Gasteiger partial charge in [-0.1, -0.05) is 55.2 Å². The Balaban J connectivity index is 1.32. The molecule has 22 N–H and O–H groups in total. The summed E-state index contributed by atoms with van der Waals surface area (Å²) in [6.07, 6.45) is -18.3. The van der Waals surface area contributed by atoms with E-state index in [2.05, 4.69) is 31.9 Å². The number of amides is 6. The molecule has 5 aromatic rings. The van der Waals surface area contributed by atoms with Gasteiger partial charge in [-0.3, -0.25) is 28.8 Å². The van der Waals surface area contributed by atoms with Gasteiger partial charge >= 0.3 is 5.97 Å². The Hall–Kier alpha value is -9.04. The van der Waals surface area contributed by atoms with Gasteiger partial charge in [-0.25, -0.2) is 4.79 Å². The van der Waals surface area contributed by atoms with E-state index in [9.17, 15) is 79.8 Å². The smallest absolute Gasteiger partial charge is 0.330 e. The molecule has 9 bridgehead atoms. The maximum atomic E-state index is 15.7. The zero-order chi connectivity index (χ0) is 74.0. The number of phenolic OH excluding ortho intramolecular Hbond substituents is 3. The number of hydrogen-bond acceptors (Lipinski definition) is 26. The number of aliphatic carboxylic acids is 1. The second-order valence-corrected chi connectivity index (χ2v) is 26.2. The molecule has 33 nitrogen and oxygen atoms in total. The number of primary amides is 1. The number of hydrogen-bond donors (Lipinski definition) is 19. The van der Waals surface area contributed by atoms with E-state index in [0.717, 1.165) is 66.7 Å². The molecule has 11 rings (SSSR count). The maximum Gasteiger partial charge on any atom is 0.330 e. The van der Waals surface area contributed by atoms with E-state index in [1.165, 1.54) is 33.0 Å². The van der Waals surface area contributed by atoms with Crippen molar-refractivity contribution >= 4 is 70.9 Å². The van der Waals surface area contributed by atoms with E-state index >= 15 is 9.59 Å². The van der Waals surface area contributed by atoms with Gasteiger partial charge in [-0.05, 0) is 110 Å². The van der Waals surface area contributed by atoms with Crippen molar-refractivity contribution in [1.82, 2.24) is 31.9 Å². The molecule has 35 heteroatoms. The number of aldehydes is 1. The van der Waals surface area contributed by atoms with E-state index < -0.39 is 231 Å². The zero-order valence-electron chi connectivity index (χ0n) is 54.5. The summed E-state index contributed by atoms with van der Waals surface area (Å²) in [5.74, 6) is -14.5. The highest BCUT2D eigenvalue weighted by molar-refractivity contribution is 6.32. The molecule has 6 heterocycles. The number of rotatable bonds is 14. The Morgan fingerprint density at radius 3 is 1.95 bits per heavy atom. The van der Waals surface area contributed by atoms with Crippen LogP contribution in [0.4, 0.5) is 0 Å². The van der Waals surface area contributed by atoms with E-state index in [1.807, 2.05) is 13.8 Å². The van der Waals surface area contributed by atoms with Crippen molar-refractivity contribution < 1.29 is 118 Å². The SMILES string of the molecule is CN[C@H](CC(C)C)C(=O)N[C@H]1C(=O)N[C@@H](CC(N)=O)C(=O)N[C@H]2C(=O)N[C@@H](C=O)c3ccc(O)c(c3)-c3c(O)cc(O)cc3[C@@H](C(=O)O)NC(=O)[C@@H](N)[C@H](O)c3ccc(c(Cl)c3)Oc3cc2cc(c3OC2OC(CO)C(O)C(O)C2OC2CC(C)(N)C(O)C(C)O2)Oc2ccc(cc2Cl)[C@H]1O. The molecule has 544 valence electrons. The fraction of sp³-hybridized carbons (Fsp3) is 0.424. The number of aliphatic hydroxyl groups is 6. The molecule has 0 spiro atoms. The van der Waals surface area contributed by atoms with Crippen LogP contribution in [0, 0.1) is 5.92 Å². The number of nitrogens with two attached hydrogens (primary N) is 3. The summed E-state index contributed by atoms with van der Waals surface area (Å²) in [4.78, 5) is 114. The minimum absolute atomic E-state index is 0.0927. The van der Waals surface area contributed by atoms with Gasteiger partial charge in [0.1, 0.15) is 95.8 Å². The van der Waals surface area contributed by atoms with E-state index in [0.29, 0.717) is 0 Å². The molecule has 18 atom stereocenters. The number of ether oxygens (including phenoxy) is 6. The predicted octanol–water partition coefficient (Wildman–Crippen LogP) is 0.134. The van der Waals surface area contributed by atoms with Crippen LogP contribution in [-0.2, 0) is 52.6 Å². The second kappa shape index (κ2) is 31.5. The Bertz CT molecular complexity index is 4000. The number of fused-ring (bicyclic) bond motifs is 16. The van der Waals surface area contributed by atoms with Gasteiger partial charge < -0.3 is 133 Å². The molecule has 6 aliphatic rings. The summed E-state index contributed by atoms with van der Waals surface area (Å²) in [6.45, 7) is 5.64. The lowest BCUT2D eigenvalue weighted by molar-refractivity contribution is -0.333. The molecule has 0 aliphatic carbocycles. The van der Waals surface area contributed by atoms with Crippen LogP contribution in [0.25, 0.3) is 11.1 Å². The average Bonchev–Trinajstić information content (AvgIpc) is 0.773. The monoisotopic (exact) mass is 1450 g/mol. The molecular weight excluding hydrogens is 1370 g/mol. The number of carbonyl (C=O) groups excluding carboxylic acids is 7. The zero-order valence-corrected chi connectivity index (χ0v) is 56.0. The van der Waals surface area contributed by atoms with Crippen molar-refractivity contribution in [3.05, 3.63) is 117 Å². The average molecular weight is 1450 g/mol. The summed E-state index contributed by atoms with van der Waals surface area (Å²) in [5.41, 5.74) is 14.3. The number of likely N-dealkylation sites (N-methyl/N-ethyl adjacent to an activating group) is 1. The predicted molar refractivity (Wildman–Crippen MR) is 351 cm³/mol. The number of carboxylic acids is 1. The number of aromatic hydroxyl groups is 3. The highest BCUT2D eigenvalue weighted by atomic mass is 35.5. The number of carbonyl (C=O) groups is 8. The minimum atomic E-state index is -2.28. The fourth-order valence-electron chi connectivity index (χ4n) is 12.1. The van der Waals surface area contributed by atoms with Crippen molar-refractivity contribution in [1.29, 1.82) is 0 Å². The van der Waals surface area contributed by atoms with Gasteiger partial charge in [0.15, 0.2) is 29.9 Å². The van der Waals surface area contributed by atoms with Gasteiger partial charge in [0.05, 0.1) is 41.3 Å². The van der Waals surface area contributed by atoms with Crippen LogP contribution < -0.4 is 63.3 Å². The van der Waals surface area contributed by atoms with Crippen molar-refractivity contribution in [3.63, 3.8) is 0 Å². The Labute approximate surface area is 585 Å². The molecule has 6 amide bonds. The third-order valence-corrected chi connectivity index (χ3v) is 18.0. The molecule has 5 aromatic carbocycles. The van der Waals surface area contributed by atoms with Crippen LogP contribution in [0.5, 0.6) is 46.0 Å². The van der Waals surface area contributed by atoms with Gasteiger partial charge in [0.2, 0.25) is 47.5 Å². The molecule has 101 heavy (non-hydrogen) atoms. The molecule has 2 saturated heterocycles. The number of nitrogens with one attached hydrogen (secondary N) is 6. The summed E-state index contributed by atoms with van der Waals surface area (Å²) in [6, 6.07) is -0.190. The van der Waals surface area contributed by atoms with Gasteiger partial charge in [0.25, 0.3) is 0 Å². The van der Waals surface area contributed by atoms with Crippen LogP contribution in [0.1, 0.15) is 105 Å². The standard InChI is InChI=1S/C66H77Cl2N9O24/c1-24(2)12-35(72-5)59(89)77-51-53(85)28-8-11-41(34(68)15-28)98-43-17-29-16-42(56(43)101-65-57(55(87)54(86)44(23-79)99-65)100-46-21-66(4,71)58(88)25(3)96-46)97-40-10-7-27(14-33(40)67)52(84)48(70)61(91)76-50(64(94)95)32-18-30(80)19-39(82)47(32)31-13-26(6-9-38(31)81)37(22-78)74-62(92)49(29)75-60(90)36(20-45(69)83)73-63(51)93/h6-11,13-19,22,24-25,35-37,44,46,48-55,57-58,65,72,79-82,84-88H,12,20-21,23,70-71H2,1-5H3,(H2,69,83)(H,73,93)(H,74,92)(H,75,90)(H,76,91)(H,77,89)(H,94,95)/t25?,35-,36+,37+,44?,46?,48+,49-,50+,51-,52-,53-,54?,55?,57?,58?,65?,66?/m1/s1. The van der Waals surface area contributed by atoms with E-state index in [-0.39, 0.29) is 52.5 Å². The molecule has 0 aromatic heterocycles. The summed E-state index contributed by atoms with van der Waals surface area (Å²) < 4.78 is 38.2. The van der Waals surface area contributed by atoms with Gasteiger partial charge in [-0.2, -0.15) is 0 Å². The lowest BCUT2D eigenvalue weighted by atomic mass is 9.86. The van der Waals surface area contributed by atoms with Crippen LogP contribution >= 0.6 is 23.2 Å². The lowest BCUT2D eigenvalue weighted by Gasteiger charge is -2.47. The first-order chi connectivity index (χ1) is 47.6. The van der Waals surface area contributed by atoms with Crippen LogP contribution in [0.2, 0.25) is 10.0 Å². The Morgan fingerprint density at radius 1 is 0.762 bits per heavy atom. The van der Waals surface area contributed by atoms with E-state index in [1.54, 1.807) is 0 Å². The summed E-state index contributed by atoms with van der Waals surface area (Å²) >= 11 is 14.0. The minimum Gasteiger partial charge on any atom is -0.508 e. The maximum absolute atomic E-state index is 15.7. The normalized spacial score (nSPS) is 29.0. The highest BCUT2D eigenvalue weighted by Gasteiger charge is 2.51. The van der Waals surface area contributed by atoms with E-state index in [4.69, 9.17) is 68.8 Å². The molecule has 2 fully saturated rings. The van der Waals surface area contributed by atoms with Crippen LogP contribution in [0.3, 0.4) is 0 Å². The number of carboxylic acid groups (broad SMARTS) is 1. The van der Waals surface area contributed by atoms with Crippen molar-refractivity contribution in [2.24, 2.45) is 23.1 Å². The van der Waals surface area contributed by atoms with Crippen molar-refractivity contribution in [2.45, 2.75) is 156 Å². The molecule has 6 aliphatic heterocycles. The Kier molecular flexibility index (Phi) is 23.7. The Morgan fingerprint density at radius 2 is 1.39 bits per heavy atom. The van der Waals surface area contributed by atoms with Crippen molar-refractivity contribution in [2.75, 3.05) is 13.7 Å². The number of halogens is 2. The second-order valence-electron chi connectivity index (χ2n) is 25.4. The number of benzene rings is 5.